The van der Waals surface area contributed by atoms with Gasteiger partial charge in [-0.3, -0.25) is 0 Å². The van der Waals surface area contributed by atoms with Gasteiger partial charge in [-0.2, -0.15) is 0 Å². The first-order chi connectivity index (χ1) is 11.0. The fraction of sp³-hybridized carbons (Fsp3) is 0.412. The highest BCUT2D eigenvalue weighted by atomic mass is 16.5. The summed E-state index contributed by atoms with van der Waals surface area (Å²) in [5.74, 6) is 0.183. The second kappa shape index (κ2) is 7.17. The molecular weight excluding hydrogens is 296 g/mol. The smallest absolute Gasteiger partial charge is 0.337 e. The Morgan fingerprint density at radius 1 is 1.35 bits per heavy atom. The zero-order chi connectivity index (χ0) is 17.0. The summed E-state index contributed by atoms with van der Waals surface area (Å²) in [4.78, 5) is 25.8. The highest BCUT2D eigenvalue weighted by molar-refractivity contribution is 5.95. The normalized spacial score (nSPS) is 17.8. The number of hydrogen-bond donors (Lipinski definition) is 1. The monoisotopic (exact) mass is 318 g/mol. The van der Waals surface area contributed by atoms with Crippen molar-refractivity contribution in [2.24, 2.45) is 0 Å². The van der Waals surface area contributed by atoms with E-state index in [1.165, 1.54) is 12.0 Å². The van der Waals surface area contributed by atoms with Gasteiger partial charge in [-0.05, 0) is 19.4 Å². The van der Waals surface area contributed by atoms with E-state index >= 15 is 0 Å². The summed E-state index contributed by atoms with van der Waals surface area (Å²) in [5.41, 5.74) is 1.71. The minimum Gasteiger partial charge on any atom is -0.493 e. The van der Waals surface area contributed by atoms with Crippen LogP contribution in [0.5, 0.6) is 5.75 Å². The molecule has 0 saturated heterocycles. The quantitative estimate of drug-likeness (QED) is 0.847. The van der Waals surface area contributed by atoms with E-state index in [4.69, 9.17) is 9.47 Å². The molecule has 1 aromatic rings. The van der Waals surface area contributed by atoms with Gasteiger partial charge in [0.1, 0.15) is 5.75 Å². The van der Waals surface area contributed by atoms with Gasteiger partial charge in [0.25, 0.3) is 0 Å². The van der Waals surface area contributed by atoms with Gasteiger partial charge in [0.2, 0.25) is 0 Å². The first-order valence-electron chi connectivity index (χ1n) is 7.56. The molecule has 1 aromatic carbocycles. The number of carbonyl (C=O) groups is 2. The van der Waals surface area contributed by atoms with Crippen LogP contribution in [-0.4, -0.2) is 37.7 Å². The van der Waals surface area contributed by atoms with Crippen molar-refractivity contribution in [1.82, 2.24) is 10.2 Å². The molecule has 0 fully saturated rings. The Morgan fingerprint density at radius 2 is 2.04 bits per heavy atom. The van der Waals surface area contributed by atoms with Crippen molar-refractivity contribution in [3.63, 3.8) is 0 Å². The molecule has 1 heterocycles. The van der Waals surface area contributed by atoms with Crippen LogP contribution in [0.15, 0.2) is 35.5 Å². The van der Waals surface area contributed by atoms with E-state index in [-0.39, 0.29) is 6.03 Å². The maximum Gasteiger partial charge on any atom is 0.337 e. The Balaban J connectivity index is 2.52. The lowest BCUT2D eigenvalue weighted by Gasteiger charge is -2.33. The van der Waals surface area contributed by atoms with E-state index in [2.05, 4.69) is 5.32 Å². The molecule has 0 spiro atoms. The number of rotatable bonds is 5. The standard InChI is InChI=1S/C17H22N2O4/c1-5-10-23-13-9-7-6-8-12(13)15-14(16(20)22-4)11(2)19(3)17(21)18-15/h6-9,15H,5,10H2,1-4H3,(H,18,21). The van der Waals surface area contributed by atoms with Gasteiger partial charge >= 0.3 is 12.0 Å². The minimum atomic E-state index is -0.598. The third-order valence-electron chi connectivity index (χ3n) is 3.85. The van der Waals surface area contributed by atoms with Gasteiger partial charge in [-0.25, -0.2) is 9.59 Å². The lowest BCUT2D eigenvalue weighted by Crippen LogP contribution is -2.46. The first-order valence-corrected chi connectivity index (χ1v) is 7.56. The number of benzene rings is 1. The largest absolute Gasteiger partial charge is 0.493 e. The zero-order valence-corrected chi connectivity index (χ0v) is 13.9. The Hall–Kier alpha value is -2.50. The average molecular weight is 318 g/mol. The predicted molar refractivity (Wildman–Crippen MR) is 86.0 cm³/mol. The number of nitrogens with one attached hydrogen (secondary N) is 1. The van der Waals surface area contributed by atoms with E-state index in [1.54, 1.807) is 14.0 Å². The van der Waals surface area contributed by atoms with Gasteiger partial charge in [-0.1, -0.05) is 25.1 Å². The Kier molecular flexibility index (Phi) is 5.26. The number of allylic oxidation sites excluding steroid dienone is 1. The first kappa shape index (κ1) is 16.9. The van der Waals surface area contributed by atoms with Gasteiger partial charge < -0.3 is 19.7 Å². The summed E-state index contributed by atoms with van der Waals surface area (Å²) in [7, 11) is 2.94. The number of ether oxygens (including phenoxy) is 2. The molecule has 1 N–H and O–H groups in total. The number of urea groups is 1. The fourth-order valence-corrected chi connectivity index (χ4v) is 2.51. The molecule has 0 radical (unpaired) electrons. The molecule has 23 heavy (non-hydrogen) atoms. The van der Waals surface area contributed by atoms with E-state index in [1.807, 2.05) is 31.2 Å². The molecule has 6 nitrogen and oxygen atoms in total. The van der Waals surface area contributed by atoms with Gasteiger partial charge in [0.15, 0.2) is 0 Å². The van der Waals surface area contributed by atoms with E-state index < -0.39 is 12.0 Å². The van der Waals surface area contributed by atoms with Crippen molar-refractivity contribution in [3.8, 4) is 5.75 Å². The van der Waals surface area contributed by atoms with Crippen molar-refractivity contribution in [2.45, 2.75) is 26.3 Å². The van der Waals surface area contributed by atoms with Crippen LogP contribution in [0.25, 0.3) is 0 Å². The molecule has 1 atom stereocenters. The van der Waals surface area contributed by atoms with E-state index in [9.17, 15) is 9.59 Å². The number of para-hydroxylation sites is 1. The van der Waals surface area contributed by atoms with Crippen molar-refractivity contribution < 1.29 is 19.1 Å². The van der Waals surface area contributed by atoms with Crippen LogP contribution in [0.2, 0.25) is 0 Å². The summed E-state index contributed by atoms with van der Waals surface area (Å²) in [6.45, 7) is 4.31. The zero-order valence-electron chi connectivity index (χ0n) is 13.9. The molecule has 1 aliphatic heterocycles. The van der Waals surface area contributed by atoms with Crippen LogP contribution in [0.1, 0.15) is 31.9 Å². The van der Waals surface area contributed by atoms with Crippen molar-refractivity contribution in [2.75, 3.05) is 20.8 Å². The lowest BCUT2D eigenvalue weighted by molar-refractivity contribution is -0.136. The van der Waals surface area contributed by atoms with Crippen LogP contribution in [0, 0.1) is 0 Å². The predicted octanol–water partition coefficient (Wildman–Crippen LogP) is 2.62. The van der Waals surface area contributed by atoms with Gasteiger partial charge in [0.05, 0.1) is 25.3 Å². The summed E-state index contributed by atoms with van der Waals surface area (Å²) >= 11 is 0. The number of methoxy groups -OCH3 is 1. The summed E-state index contributed by atoms with van der Waals surface area (Å²) in [6, 6.07) is 6.52. The lowest BCUT2D eigenvalue weighted by atomic mass is 9.94. The molecule has 1 unspecified atom stereocenters. The molecule has 0 aliphatic carbocycles. The highest BCUT2D eigenvalue weighted by Crippen LogP contribution is 2.35. The van der Waals surface area contributed by atoms with Gasteiger partial charge in [0, 0.05) is 18.3 Å². The summed E-state index contributed by atoms with van der Waals surface area (Å²) < 4.78 is 10.7. The Bertz CT molecular complexity index is 639. The molecule has 0 saturated carbocycles. The molecule has 0 aromatic heterocycles. The van der Waals surface area contributed by atoms with Crippen LogP contribution >= 0.6 is 0 Å². The number of carbonyl (C=O) groups excluding carboxylic acids is 2. The van der Waals surface area contributed by atoms with Gasteiger partial charge in [-0.15, -0.1) is 0 Å². The van der Waals surface area contributed by atoms with Crippen molar-refractivity contribution in [1.29, 1.82) is 0 Å². The second-order valence-corrected chi connectivity index (χ2v) is 5.32. The summed E-state index contributed by atoms with van der Waals surface area (Å²) in [6.07, 6.45) is 0.868. The van der Waals surface area contributed by atoms with Crippen molar-refractivity contribution in [3.05, 3.63) is 41.1 Å². The van der Waals surface area contributed by atoms with E-state index in [0.717, 1.165) is 12.0 Å². The summed E-state index contributed by atoms with van der Waals surface area (Å²) in [5, 5.41) is 2.84. The fourth-order valence-electron chi connectivity index (χ4n) is 2.51. The average Bonchev–Trinajstić information content (AvgIpc) is 2.57. The number of hydrogen-bond acceptors (Lipinski definition) is 4. The van der Waals surface area contributed by atoms with Crippen LogP contribution < -0.4 is 10.1 Å². The molecule has 124 valence electrons. The topological polar surface area (TPSA) is 67.9 Å². The van der Waals surface area contributed by atoms with Crippen LogP contribution in [-0.2, 0) is 9.53 Å². The molecule has 0 bridgehead atoms. The highest BCUT2D eigenvalue weighted by Gasteiger charge is 2.36. The van der Waals surface area contributed by atoms with Crippen molar-refractivity contribution >= 4 is 12.0 Å². The third-order valence-corrected chi connectivity index (χ3v) is 3.85. The minimum absolute atomic E-state index is 0.273. The molecule has 6 heteroatoms. The number of esters is 1. The molecule has 2 rings (SSSR count). The maximum absolute atomic E-state index is 12.2. The van der Waals surface area contributed by atoms with Crippen LogP contribution in [0.3, 0.4) is 0 Å². The van der Waals surface area contributed by atoms with Crippen LogP contribution in [0.4, 0.5) is 4.79 Å². The second-order valence-electron chi connectivity index (χ2n) is 5.32. The maximum atomic E-state index is 12.2. The molecular formula is C17H22N2O4. The number of nitrogens with zero attached hydrogens (tertiary/aromatic N) is 1. The SMILES string of the molecule is CCCOc1ccccc1C1NC(=O)N(C)C(C)=C1C(=O)OC. The molecule has 2 amide bonds. The molecule has 1 aliphatic rings. The Labute approximate surface area is 136 Å². The Morgan fingerprint density at radius 3 is 2.70 bits per heavy atom. The van der Waals surface area contributed by atoms with E-state index in [0.29, 0.717) is 23.6 Å². The third kappa shape index (κ3) is 3.31. The number of amides is 2.